The molecule has 8 heteroatoms. The van der Waals surface area contributed by atoms with Gasteiger partial charge in [0.25, 0.3) is 0 Å². The summed E-state index contributed by atoms with van der Waals surface area (Å²) in [7, 11) is 3.17. The molecule has 33 heavy (non-hydrogen) atoms. The maximum atomic E-state index is 13.1. The number of nitrogens with one attached hydrogen (secondary N) is 1. The highest BCUT2D eigenvalue weighted by Gasteiger charge is 2.29. The molecule has 1 atom stereocenters. The van der Waals surface area contributed by atoms with Gasteiger partial charge >= 0.3 is 6.61 Å². The number of allylic oxidation sites excluding steroid dienone is 1. The minimum Gasteiger partial charge on any atom is -0.493 e. The van der Waals surface area contributed by atoms with Crippen molar-refractivity contribution >= 4 is 22.7 Å². The fraction of sp³-hybridized carbons (Fsp3) is 0.160. The Balaban J connectivity index is 1.74. The van der Waals surface area contributed by atoms with E-state index in [1.807, 2.05) is 53.1 Å². The van der Waals surface area contributed by atoms with Gasteiger partial charge in [0.2, 0.25) is 5.95 Å². The predicted molar refractivity (Wildman–Crippen MR) is 122 cm³/mol. The van der Waals surface area contributed by atoms with E-state index in [4.69, 9.17) is 19.2 Å². The predicted octanol–water partition coefficient (Wildman–Crippen LogP) is 5.71. The highest BCUT2D eigenvalue weighted by Crippen LogP contribution is 2.43. The van der Waals surface area contributed by atoms with Gasteiger partial charge in [-0.05, 0) is 36.4 Å². The maximum absolute atomic E-state index is 13.1. The molecule has 4 aromatic rings. The molecule has 0 saturated carbocycles. The van der Waals surface area contributed by atoms with Crippen LogP contribution in [0.2, 0.25) is 0 Å². The van der Waals surface area contributed by atoms with E-state index in [1.54, 1.807) is 32.4 Å². The van der Waals surface area contributed by atoms with E-state index < -0.39 is 6.61 Å². The molecule has 0 amide bonds. The van der Waals surface area contributed by atoms with Crippen LogP contribution in [0.4, 0.5) is 14.7 Å². The Morgan fingerprint density at radius 2 is 1.67 bits per heavy atom. The quantitative estimate of drug-likeness (QED) is 0.409. The molecule has 0 bridgehead atoms. The average Bonchev–Trinajstić information content (AvgIpc) is 3.21. The molecule has 1 aromatic heterocycles. The molecule has 1 aliphatic heterocycles. The topological polar surface area (TPSA) is 57.5 Å². The molecule has 5 rings (SSSR count). The monoisotopic (exact) mass is 449 g/mol. The van der Waals surface area contributed by atoms with Gasteiger partial charge in [0.05, 0.1) is 37.0 Å². The summed E-state index contributed by atoms with van der Waals surface area (Å²) in [6.45, 7) is -2.94. The summed E-state index contributed by atoms with van der Waals surface area (Å²) in [5.74, 6) is 1.84. The van der Waals surface area contributed by atoms with E-state index in [2.05, 4.69) is 5.32 Å². The molecule has 1 N–H and O–H groups in total. The Bertz CT molecular complexity index is 1350. The van der Waals surface area contributed by atoms with E-state index in [0.717, 1.165) is 16.6 Å². The zero-order chi connectivity index (χ0) is 22.9. The first-order valence-corrected chi connectivity index (χ1v) is 10.3. The van der Waals surface area contributed by atoms with Crippen LogP contribution in [0.3, 0.4) is 0 Å². The molecule has 0 fully saturated rings. The highest BCUT2D eigenvalue weighted by molar-refractivity contribution is 5.87. The smallest absolute Gasteiger partial charge is 0.387 e. The third kappa shape index (κ3) is 3.63. The fourth-order valence-corrected chi connectivity index (χ4v) is 4.23. The lowest BCUT2D eigenvalue weighted by molar-refractivity contribution is -0.0500. The molecule has 2 heterocycles. The number of alkyl halides is 2. The van der Waals surface area contributed by atoms with E-state index in [-0.39, 0.29) is 11.8 Å². The van der Waals surface area contributed by atoms with Crippen LogP contribution in [0.5, 0.6) is 17.2 Å². The Labute approximate surface area is 189 Å². The molecule has 1 aliphatic rings. The SMILES string of the molecule is COc1cccc([C@@H]2C=C(c3ccccc3OC(F)F)Nc3nc4ccccc4n32)c1OC. The first kappa shape index (κ1) is 20.8. The van der Waals surface area contributed by atoms with Crippen LogP contribution in [-0.2, 0) is 0 Å². The summed E-state index contributed by atoms with van der Waals surface area (Å²) in [6.07, 6.45) is 1.95. The number of hydrogen-bond acceptors (Lipinski definition) is 5. The van der Waals surface area contributed by atoms with Gasteiger partial charge in [-0.25, -0.2) is 4.98 Å². The summed E-state index contributed by atoms with van der Waals surface area (Å²) in [5.41, 5.74) is 3.67. The first-order chi connectivity index (χ1) is 16.1. The van der Waals surface area contributed by atoms with Crippen molar-refractivity contribution < 1.29 is 23.0 Å². The summed E-state index contributed by atoms with van der Waals surface area (Å²) >= 11 is 0. The number of fused-ring (bicyclic) bond motifs is 3. The lowest BCUT2D eigenvalue weighted by Gasteiger charge is -2.28. The zero-order valence-corrected chi connectivity index (χ0v) is 18.0. The zero-order valence-electron chi connectivity index (χ0n) is 18.0. The molecule has 0 aliphatic carbocycles. The second kappa shape index (κ2) is 8.46. The molecule has 3 aromatic carbocycles. The van der Waals surface area contributed by atoms with Crippen LogP contribution in [0.15, 0.2) is 72.8 Å². The summed E-state index contributed by atoms with van der Waals surface area (Å²) < 4.78 is 44.2. The van der Waals surface area contributed by atoms with Crippen molar-refractivity contribution in [2.45, 2.75) is 12.7 Å². The van der Waals surface area contributed by atoms with Crippen LogP contribution in [0.1, 0.15) is 17.2 Å². The van der Waals surface area contributed by atoms with Crippen molar-refractivity contribution in [1.82, 2.24) is 9.55 Å². The molecule has 0 spiro atoms. The Morgan fingerprint density at radius 3 is 2.45 bits per heavy atom. The van der Waals surface area contributed by atoms with Crippen LogP contribution in [0.25, 0.3) is 16.7 Å². The Hall–Kier alpha value is -4.07. The third-order valence-corrected chi connectivity index (χ3v) is 5.59. The van der Waals surface area contributed by atoms with E-state index in [1.165, 1.54) is 6.07 Å². The Kier molecular flexibility index (Phi) is 5.34. The second-order valence-electron chi connectivity index (χ2n) is 7.40. The number of imidazole rings is 1. The number of rotatable bonds is 6. The highest BCUT2D eigenvalue weighted by atomic mass is 19.3. The number of halogens is 2. The Morgan fingerprint density at radius 1 is 0.909 bits per heavy atom. The van der Waals surface area contributed by atoms with Gasteiger partial charge in [-0.1, -0.05) is 36.4 Å². The minimum atomic E-state index is -2.94. The molecule has 0 radical (unpaired) electrons. The lowest BCUT2D eigenvalue weighted by Crippen LogP contribution is -2.20. The van der Waals surface area contributed by atoms with Gasteiger partial charge in [0.1, 0.15) is 5.75 Å². The normalized spacial score (nSPS) is 15.1. The summed E-state index contributed by atoms with van der Waals surface area (Å²) in [4.78, 5) is 4.74. The van der Waals surface area contributed by atoms with Crippen molar-refractivity contribution in [3.63, 3.8) is 0 Å². The largest absolute Gasteiger partial charge is 0.493 e. The van der Waals surface area contributed by atoms with Crippen LogP contribution in [0, 0.1) is 0 Å². The van der Waals surface area contributed by atoms with Crippen LogP contribution < -0.4 is 19.5 Å². The number of nitrogens with zero attached hydrogens (tertiary/aromatic N) is 2. The van der Waals surface area contributed by atoms with E-state index in [0.29, 0.717) is 28.7 Å². The van der Waals surface area contributed by atoms with E-state index in [9.17, 15) is 8.78 Å². The number of ether oxygens (including phenoxy) is 3. The van der Waals surface area contributed by atoms with Gasteiger partial charge in [0, 0.05) is 11.1 Å². The van der Waals surface area contributed by atoms with Crippen LogP contribution in [-0.4, -0.2) is 30.4 Å². The first-order valence-electron chi connectivity index (χ1n) is 10.3. The summed E-state index contributed by atoms with van der Waals surface area (Å²) in [6, 6.07) is 19.8. The maximum Gasteiger partial charge on any atom is 0.387 e. The second-order valence-corrected chi connectivity index (χ2v) is 7.40. The lowest BCUT2D eigenvalue weighted by atomic mass is 9.99. The molecule has 168 valence electrons. The van der Waals surface area contributed by atoms with Gasteiger partial charge < -0.3 is 19.5 Å². The number of para-hydroxylation sites is 4. The van der Waals surface area contributed by atoms with E-state index >= 15 is 0 Å². The van der Waals surface area contributed by atoms with Crippen molar-refractivity contribution in [3.05, 3.63) is 83.9 Å². The molecule has 0 unspecified atom stereocenters. The number of hydrogen-bond donors (Lipinski definition) is 1. The molecular formula is C25H21F2N3O3. The van der Waals surface area contributed by atoms with Crippen molar-refractivity contribution in [2.24, 2.45) is 0 Å². The van der Waals surface area contributed by atoms with Gasteiger partial charge in [0.15, 0.2) is 11.5 Å². The number of anilines is 1. The minimum absolute atomic E-state index is 0.0761. The van der Waals surface area contributed by atoms with Crippen molar-refractivity contribution in [3.8, 4) is 17.2 Å². The molecule has 0 saturated heterocycles. The standard InChI is InChI=1S/C25H21F2N3O3/c1-31-22-13-7-9-16(23(22)32-2)20-14-18(15-8-3-6-12-21(15)33-24(26)27)29-25-28-17-10-4-5-11-19(17)30(20)25/h3-14,20,24H,1-2H3,(H,28,29)/t20-/m0/s1. The number of aromatic nitrogens is 2. The van der Waals surface area contributed by atoms with Gasteiger partial charge in [-0.15, -0.1) is 0 Å². The van der Waals surface area contributed by atoms with Gasteiger partial charge in [-0.3, -0.25) is 4.57 Å². The number of benzene rings is 3. The van der Waals surface area contributed by atoms with Crippen molar-refractivity contribution in [1.29, 1.82) is 0 Å². The molecular weight excluding hydrogens is 428 g/mol. The molecule has 6 nitrogen and oxygen atoms in total. The van der Waals surface area contributed by atoms with Gasteiger partial charge in [-0.2, -0.15) is 8.78 Å². The average molecular weight is 449 g/mol. The third-order valence-electron chi connectivity index (χ3n) is 5.59. The summed E-state index contributed by atoms with van der Waals surface area (Å²) in [5, 5.41) is 3.30. The van der Waals surface area contributed by atoms with Crippen molar-refractivity contribution in [2.75, 3.05) is 19.5 Å². The van der Waals surface area contributed by atoms with Crippen LogP contribution >= 0.6 is 0 Å². The number of methoxy groups -OCH3 is 2. The fourth-order valence-electron chi connectivity index (χ4n) is 4.23.